The van der Waals surface area contributed by atoms with E-state index in [-0.39, 0.29) is 0 Å². The number of likely N-dealkylation sites (N-methyl/N-ethyl adjacent to an activating group) is 1. The largest absolute Gasteiger partial charge is 0.373 e. The molecular weight excluding hydrogens is 286 g/mol. The highest BCUT2D eigenvalue weighted by molar-refractivity contribution is 5.15. The molecule has 3 rings (SSSR count). The fourth-order valence-electron chi connectivity index (χ4n) is 3.22. The molecular formula is C19H25N3O. The number of hydrogen-bond acceptors (Lipinski definition) is 4. The lowest BCUT2D eigenvalue weighted by atomic mass is 10.1. The molecule has 1 fully saturated rings. The Morgan fingerprint density at radius 2 is 2.09 bits per heavy atom. The quantitative estimate of drug-likeness (QED) is 0.822. The third kappa shape index (κ3) is 4.85. The highest BCUT2D eigenvalue weighted by Crippen LogP contribution is 2.23. The van der Waals surface area contributed by atoms with Crippen LogP contribution < -0.4 is 0 Å². The lowest BCUT2D eigenvalue weighted by Crippen LogP contribution is -2.29. The first kappa shape index (κ1) is 16.1. The van der Waals surface area contributed by atoms with E-state index in [2.05, 4.69) is 41.0 Å². The topological polar surface area (TPSA) is 38.2 Å². The van der Waals surface area contributed by atoms with Crippen LogP contribution in [0.1, 0.15) is 29.7 Å². The van der Waals surface area contributed by atoms with Crippen molar-refractivity contribution in [2.75, 3.05) is 13.6 Å². The number of rotatable bonds is 6. The maximum Gasteiger partial charge on any atom is 0.0706 e. The summed E-state index contributed by atoms with van der Waals surface area (Å²) >= 11 is 0. The average Bonchev–Trinajstić information content (AvgIpc) is 2.95. The van der Waals surface area contributed by atoms with Gasteiger partial charge in [-0.1, -0.05) is 6.07 Å². The molecule has 0 spiro atoms. The van der Waals surface area contributed by atoms with E-state index < -0.39 is 0 Å². The van der Waals surface area contributed by atoms with E-state index in [1.165, 1.54) is 11.1 Å². The highest BCUT2D eigenvalue weighted by atomic mass is 16.5. The van der Waals surface area contributed by atoms with Crippen molar-refractivity contribution >= 4 is 0 Å². The number of ether oxygens (including phenoxy) is 1. The number of aryl methyl sites for hydroxylation is 1. The lowest BCUT2D eigenvalue weighted by molar-refractivity contribution is 0.0263. The molecule has 122 valence electrons. The van der Waals surface area contributed by atoms with Gasteiger partial charge in [0.2, 0.25) is 0 Å². The van der Waals surface area contributed by atoms with Crippen LogP contribution in [0.5, 0.6) is 0 Å². The van der Waals surface area contributed by atoms with Crippen molar-refractivity contribution in [2.45, 2.75) is 44.9 Å². The van der Waals surface area contributed by atoms with E-state index in [0.29, 0.717) is 12.2 Å². The van der Waals surface area contributed by atoms with Crippen LogP contribution >= 0.6 is 0 Å². The Labute approximate surface area is 138 Å². The zero-order chi connectivity index (χ0) is 16.1. The van der Waals surface area contributed by atoms with Crippen molar-refractivity contribution in [3.05, 3.63) is 59.7 Å². The van der Waals surface area contributed by atoms with E-state index >= 15 is 0 Å². The SMILES string of the molecule is Cc1ccnc(C[C@@H]2CC[C@H](CN(C)Cc3cccnc3)O2)c1. The predicted octanol–water partition coefficient (Wildman–Crippen LogP) is 3.01. The van der Waals surface area contributed by atoms with E-state index in [1.807, 2.05) is 30.7 Å². The summed E-state index contributed by atoms with van der Waals surface area (Å²) in [5.41, 5.74) is 3.65. The standard InChI is InChI=1S/C19H25N3O/c1-15-7-9-21-17(10-15)11-18-5-6-19(23-18)14-22(2)13-16-4-3-8-20-12-16/h3-4,7-10,12,18-19H,5-6,11,13-14H2,1-2H3/t18-,19+/m0/s1. The maximum absolute atomic E-state index is 6.22. The monoisotopic (exact) mass is 311 g/mol. The van der Waals surface area contributed by atoms with Gasteiger partial charge in [-0.2, -0.15) is 0 Å². The van der Waals surface area contributed by atoms with Crippen molar-refractivity contribution in [1.29, 1.82) is 0 Å². The van der Waals surface area contributed by atoms with Gasteiger partial charge in [-0.25, -0.2) is 0 Å². The molecule has 2 aromatic heterocycles. The first-order chi connectivity index (χ1) is 11.2. The Morgan fingerprint density at radius 1 is 1.22 bits per heavy atom. The van der Waals surface area contributed by atoms with Crippen LogP contribution in [0, 0.1) is 6.92 Å². The fraction of sp³-hybridized carbons (Fsp3) is 0.474. The zero-order valence-corrected chi connectivity index (χ0v) is 14.0. The first-order valence-electron chi connectivity index (χ1n) is 8.33. The molecule has 1 aliphatic heterocycles. The number of pyridine rings is 2. The summed E-state index contributed by atoms with van der Waals surface area (Å²) in [7, 11) is 2.14. The number of hydrogen-bond donors (Lipinski definition) is 0. The van der Waals surface area contributed by atoms with Crippen LogP contribution in [0.2, 0.25) is 0 Å². The van der Waals surface area contributed by atoms with Gasteiger partial charge in [0.1, 0.15) is 0 Å². The molecule has 23 heavy (non-hydrogen) atoms. The maximum atomic E-state index is 6.22. The molecule has 3 heterocycles. The smallest absolute Gasteiger partial charge is 0.0706 e. The van der Waals surface area contributed by atoms with Crippen molar-refractivity contribution in [3.8, 4) is 0 Å². The summed E-state index contributed by atoms with van der Waals surface area (Å²) in [4.78, 5) is 10.9. The van der Waals surface area contributed by atoms with Crippen LogP contribution in [0.25, 0.3) is 0 Å². The van der Waals surface area contributed by atoms with Gasteiger partial charge < -0.3 is 4.74 Å². The van der Waals surface area contributed by atoms with Crippen molar-refractivity contribution in [3.63, 3.8) is 0 Å². The van der Waals surface area contributed by atoms with Crippen molar-refractivity contribution < 1.29 is 4.74 Å². The normalized spacial score (nSPS) is 21.0. The summed E-state index contributed by atoms with van der Waals surface area (Å²) in [5, 5.41) is 0. The third-order valence-corrected chi connectivity index (χ3v) is 4.29. The van der Waals surface area contributed by atoms with Gasteiger partial charge in [0.25, 0.3) is 0 Å². The Balaban J connectivity index is 1.46. The Hall–Kier alpha value is -1.78. The highest BCUT2D eigenvalue weighted by Gasteiger charge is 2.26. The van der Waals surface area contributed by atoms with E-state index in [4.69, 9.17) is 4.74 Å². The second-order valence-corrected chi connectivity index (χ2v) is 6.54. The van der Waals surface area contributed by atoms with Gasteiger partial charge in [0.05, 0.1) is 12.2 Å². The second-order valence-electron chi connectivity index (χ2n) is 6.54. The molecule has 4 heteroatoms. The van der Waals surface area contributed by atoms with Crippen molar-refractivity contribution in [1.82, 2.24) is 14.9 Å². The molecule has 1 aliphatic rings. The van der Waals surface area contributed by atoms with Crippen LogP contribution in [-0.4, -0.2) is 40.7 Å². The fourth-order valence-corrected chi connectivity index (χ4v) is 3.22. The summed E-state index contributed by atoms with van der Waals surface area (Å²) in [6.45, 7) is 3.99. The lowest BCUT2D eigenvalue weighted by Gasteiger charge is -2.21. The molecule has 0 radical (unpaired) electrons. The Kier molecular flexibility index (Phi) is 5.36. The van der Waals surface area contributed by atoms with Crippen LogP contribution in [0.3, 0.4) is 0 Å². The summed E-state index contributed by atoms with van der Waals surface area (Å²) in [6.07, 6.45) is 9.44. The number of nitrogens with zero attached hydrogens (tertiary/aromatic N) is 3. The first-order valence-corrected chi connectivity index (χ1v) is 8.33. The van der Waals surface area contributed by atoms with Gasteiger partial charge in [-0.15, -0.1) is 0 Å². The molecule has 0 amide bonds. The molecule has 1 saturated heterocycles. The minimum Gasteiger partial charge on any atom is -0.373 e. The van der Waals surface area contributed by atoms with E-state index in [0.717, 1.165) is 38.0 Å². The second kappa shape index (κ2) is 7.66. The minimum atomic E-state index is 0.307. The van der Waals surface area contributed by atoms with Crippen LogP contribution in [0.15, 0.2) is 42.9 Å². The van der Waals surface area contributed by atoms with Crippen LogP contribution in [0.4, 0.5) is 0 Å². The van der Waals surface area contributed by atoms with Gasteiger partial charge in [0, 0.05) is 43.8 Å². The molecule has 0 unspecified atom stereocenters. The van der Waals surface area contributed by atoms with Gasteiger partial charge in [0.15, 0.2) is 0 Å². The van der Waals surface area contributed by atoms with Gasteiger partial charge in [-0.3, -0.25) is 14.9 Å². The Morgan fingerprint density at radius 3 is 2.87 bits per heavy atom. The number of aromatic nitrogens is 2. The molecule has 4 nitrogen and oxygen atoms in total. The van der Waals surface area contributed by atoms with E-state index in [9.17, 15) is 0 Å². The van der Waals surface area contributed by atoms with E-state index in [1.54, 1.807) is 0 Å². The molecule has 2 aromatic rings. The van der Waals surface area contributed by atoms with Gasteiger partial charge in [-0.05, 0) is 56.1 Å². The Bertz CT molecular complexity index is 617. The van der Waals surface area contributed by atoms with Crippen LogP contribution in [-0.2, 0) is 17.7 Å². The van der Waals surface area contributed by atoms with Crippen molar-refractivity contribution in [2.24, 2.45) is 0 Å². The molecule has 0 bridgehead atoms. The molecule has 2 atom stereocenters. The minimum absolute atomic E-state index is 0.307. The summed E-state index contributed by atoms with van der Waals surface area (Å²) in [5.74, 6) is 0. The summed E-state index contributed by atoms with van der Waals surface area (Å²) < 4.78 is 6.22. The third-order valence-electron chi connectivity index (χ3n) is 4.29. The average molecular weight is 311 g/mol. The summed E-state index contributed by atoms with van der Waals surface area (Å²) in [6, 6.07) is 8.30. The molecule has 0 N–H and O–H groups in total. The van der Waals surface area contributed by atoms with Gasteiger partial charge >= 0.3 is 0 Å². The zero-order valence-electron chi connectivity index (χ0n) is 14.0. The molecule has 0 aromatic carbocycles. The predicted molar refractivity (Wildman–Crippen MR) is 91.1 cm³/mol. The molecule has 0 aliphatic carbocycles. The molecule has 0 saturated carbocycles.